The minimum Gasteiger partial charge on any atom is -0.497 e. The maximum absolute atomic E-state index is 12.2. The van der Waals surface area contributed by atoms with Gasteiger partial charge in [-0.1, -0.05) is 24.3 Å². The SMILES string of the molecule is COc1cccc(C(=O)N[C@@H](C)COc2ccccc2C)c1. The predicted octanol–water partition coefficient (Wildman–Crippen LogP) is 3.20. The summed E-state index contributed by atoms with van der Waals surface area (Å²) in [6, 6.07) is 14.8. The van der Waals surface area contributed by atoms with Crippen molar-refractivity contribution < 1.29 is 14.3 Å². The molecule has 2 aromatic rings. The summed E-state index contributed by atoms with van der Waals surface area (Å²) in [5.74, 6) is 1.36. The number of aryl methyl sites for hydroxylation is 1. The Kier molecular flexibility index (Phi) is 5.42. The Morgan fingerprint density at radius 2 is 1.95 bits per heavy atom. The summed E-state index contributed by atoms with van der Waals surface area (Å²) in [5, 5.41) is 2.92. The van der Waals surface area contributed by atoms with Gasteiger partial charge < -0.3 is 14.8 Å². The Morgan fingerprint density at radius 3 is 2.68 bits per heavy atom. The van der Waals surface area contributed by atoms with Crippen LogP contribution in [-0.2, 0) is 0 Å². The van der Waals surface area contributed by atoms with Crippen molar-refractivity contribution in [1.82, 2.24) is 5.32 Å². The van der Waals surface area contributed by atoms with Crippen LogP contribution in [0.15, 0.2) is 48.5 Å². The summed E-state index contributed by atoms with van der Waals surface area (Å²) in [6.45, 7) is 4.33. The first-order chi connectivity index (χ1) is 10.6. The van der Waals surface area contributed by atoms with Crippen molar-refractivity contribution in [1.29, 1.82) is 0 Å². The Bertz CT molecular complexity index is 640. The van der Waals surface area contributed by atoms with E-state index < -0.39 is 0 Å². The molecule has 0 heterocycles. The van der Waals surface area contributed by atoms with Gasteiger partial charge in [0.05, 0.1) is 13.2 Å². The lowest BCUT2D eigenvalue weighted by Gasteiger charge is -2.16. The predicted molar refractivity (Wildman–Crippen MR) is 86.6 cm³/mol. The van der Waals surface area contributed by atoms with E-state index >= 15 is 0 Å². The number of hydrogen-bond acceptors (Lipinski definition) is 3. The molecule has 0 aliphatic heterocycles. The van der Waals surface area contributed by atoms with E-state index in [1.807, 2.05) is 44.2 Å². The fourth-order valence-corrected chi connectivity index (χ4v) is 2.05. The van der Waals surface area contributed by atoms with Gasteiger partial charge >= 0.3 is 0 Å². The maximum Gasteiger partial charge on any atom is 0.251 e. The lowest BCUT2D eigenvalue weighted by atomic mass is 10.2. The number of amides is 1. The molecule has 0 aliphatic rings. The maximum atomic E-state index is 12.2. The van der Waals surface area contributed by atoms with Crippen LogP contribution in [0.25, 0.3) is 0 Å². The van der Waals surface area contributed by atoms with Crippen LogP contribution in [0.5, 0.6) is 11.5 Å². The average molecular weight is 299 g/mol. The quantitative estimate of drug-likeness (QED) is 0.891. The highest BCUT2D eigenvalue weighted by molar-refractivity contribution is 5.94. The molecule has 0 aromatic heterocycles. The molecule has 0 saturated heterocycles. The van der Waals surface area contributed by atoms with Gasteiger partial charge in [-0.3, -0.25) is 4.79 Å². The Morgan fingerprint density at radius 1 is 1.18 bits per heavy atom. The van der Waals surface area contributed by atoms with E-state index in [-0.39, 0.29) is 11.9 Å². The van der Waals surface area contributed by atoms with Gasteiger partial charge in [-0.15, -0.1) is 0 Å². The van der Waals surface area contributed by atoms with Gasteiger partial charge in [0.2, 0.25) is 0 Å². The molecule has 1 atom stereocenters. The first-order valence-corrected chi connectivity index (χ1v) is 7.23. The van der Waals surface area contributed by atoms with Crippen molar-refractivity contribution in [2.75, 3.05) is 13.7 Å². The zero-order chi connectivity index (χ0) is 15.9. The molecule has 2 aromatic carbocycles. The highest BCUT2D eigenvalue weighted by Crippen LogP contribution is 2.16. The van der Waals surface area contributed by atoms with Crippen LogP contribution in [0.3, 0.4) is 0 Å². The molecule has 116 valence electrons. The monoisotopic (exact) mass is 299 g/mol. The third-order valence-corrected chi connectivity index (χ3v) is 3.29. The number of carbonyl (C=O) groups is 1. The summed E-state index contributed by atoms with van der Waals surface area (Å²) in [4.78, 5) is 12.2. The molecule has 0 aliphatic carbocycles. The highest BCUT2D eigenvalue weighted by Gasteiger charge is 2.11. The van der Waals surface area contributed by atoms with Gasteiger partial charge in [0.1, 0.15) is 18.1 Å². The Balaban J connectivity index is 1.90. The zero-order valence-electron chi connectivity index (χ0n) is 13.1. The topological polar surface area (TPSA) is 47.6 Å². The van der Waals surface area contributed by atoms with Gasteiger partial charge in [-0.2, -0.15) is 0 Å². The fourth-order valence-electron chi connectivity index (χ4n) is 2.05. The van der Waals surface area contributed by atoms with Crippen LogP contribution >= 0.6 is 0 Å². The summed E-state index contributed by atoms with van der Waals surface area (Å²) >= 11 is 0. The normalized spacial score (nSPS) is 11.6. The van der Waals surface area contributed by atoms with Crippen LogP contribution in [0.1, 0.15) is 22.8 Å². The van der Waals surface area contributed by atoms with Gasteiger partial charge in [0.15, 0.2) is 0 Å². The number of methoxy groups -OCH3 is 1. The molecule has 0 unspecified atom stereocenters. The molecule has 22 heavy (non-hydrogen) atoms. The van der Waals surface area contributed by atoms with Crippen molar-refractivity contribution in [3.05, 3.63) is 59.7 Å². The number of carbonyl (C=O) groups excluding carboxylic acids is 1. The first-order valence-electron chi connectivity index (χ1n) is 7.23. The number of rotatable bonds is 6. The van der Waals surface area contributed by atoms with E-state index in [0.717, 1.165) is 11.3 Å². The summed E-state index contributed by atoms with van der Waals surface area (Å²) in [5.41, 5.74) is 1.65. The molecule has 0 fully saturated rings. The van der Waals surface area contributed by atoms with E-state index in [9.17, 15) is 4.79 Å². The first kappa shape index (κ1) is 15.9. The third-order valence-electron chi connectivity index (χ3n) is 3.29. The molecular weight excluding hydrogens is 278 g/mol. The summed E-state index contributed by atoms with van der Waals surface area (Å²) < 4.78 is 10.9. The molecular formula is C18H21NO3. The molecule has 0 saturated carbocycles. The van der Waals surface area contributed by atoms with Crippen molar-refractivity contribution in [2.45, 2.75) is 19.9 Å². The average Bonchev–Trinajstić information content (AvgIpc) is 2.54. The molecule has 1 amide bonds. The van der Waals surface area contributed by atoms with Crippen molar-refractivity contribution in [3.63, 3.8) is 0 Å². The van der Waals surface area contributed by atoms with Crippen molar-refractivity contribution >= 4 is 5.91 Å². The number of ether oxygens (including phenoxy) is 2. The van der Waals surface area contributed by atoms with E-state index in [4.69, 9.17) is 9.47 Å². The standard InChI is InChI=1S/C18H21NO3/c1-13-7-4-5-10-17(13)22-12-14(2)19-18(20)15-8-6-9-16(11-15)21-3/h4-11,14H,12H2,1-3H3,(H,19,20)/t14-/m0/s1. The molecule has 0 bridgehead atoms. The van der Waals surface area contributed by atoms with Gasteiger partial charge in [-0.05, 0) is 43.7 Å². The van der Waals surface area contributed by atoms with E-state index in [1.54, 1.807) is 25.3 Å². The second-order valence-electron chi connectivity index (χ2n) is 5.18. The number of para-hydroxylation sites is 1. The zero-order valence-corrected chi connectivity index (χ0v) is 13.1. The van der Waals surface area contributed by atoms with Crippen LogP contribution in [-0.4, -0.2) is 25.7 Å². The molecule has 4 heteroatoms. The largest absolute Gasteiger partial charge is 0.497 e. The lowest BCUT2D eigenvalue weighted by molar-refractivity contribution is 0.0926. The highest BCUT2D eigenvalue weighted by atomic mass is 16.5. The smallest absolute Gasteiger partial charge is 0.251 e. The minimum absolute atomic E-state index is 0.0988. The number of nitrogens with one attached hydrogen (secondary N) is 1. The van der Waals surface area contributed by atoms with Crippen molar-refractivity contribution in [2.24, 2.45) is 0 Å². The third kappa shape index (κ3) is 4.25. The lowest BCUT2D eigenvalue weighted by Crippen LogP contribution is -2.36. The molecule has 1 N–H and O–H groups in total. The van der Waals surface area contributed by atoms with Gasteiger partial charge in [0, 0.05) is 5.56 Å². The summed E-state index contributed by atoms with van der Waals surface area (Å²) in [6.07, 6.45) is 0. The Hall–Kier alpha value is -2.49. The molecule has 2 rings (SSSR count). The number of benzene rings is 2. The van der Waals surface area contributed by atoms with Crippen LogP contribution in [0.2, 0.25) is 0 Å². The van der Waals surface area contributed by atoms with Crippen molar-refractivity contribution in [3.8, 4) is 11.5 Å². The van der Waals surface area contributed by atoms with Crippen LogP contribution in [0.4, 0.5) is 0 Å². The molecule has 0 spiro atoms. The number of hydrogen-bond donors (Lipinski definition) is 1. The summed E-state index contributed by atoms with van der Waals surface area (Å²) in [7, 11) is 1.58. The molecule has 4 nitrogen and oxygen atoms in total. The van der Waals surface area contributed by atoms with E-state index in [2.05, 4.69) is 5.32 Å². The van der Waals surface area contributed by atoms with Crippen LogP contribution in [0, 0.1) is 6.92 Å². The second kappa shape index (κ2) is 7.50. The van der Waals surface area contributed by atoms with Crippen LogP contribution < -0.4 is 14.8 Å². The van der Waals surface area contributed by atoms with Gasteiger partial charge in [0.25, 0.3) is 5.91 Å². The van der Waals surface area contributed by atoms with Gasteiger partial charge in [-0.25, -0.2) is 0 Å². The fraction of sp³-hybridized carbons (Fsp3) is 0.278. The van der Waals surface area contributed by atoms with E-state index in [0.29, 0.717) is 17.9 Å². The molecule has 0 radical (unpaired) electrons. The van der Waals surface area contributed by atoms with E-state index in [1.165, 1.54) is 0 Å². The Labute approximate surface area is 131 Å². The minimum atomic E-state index is -0.139. The second-order valence-corrected chi connectivity index (χ2v) is 5.18.